The summed E-state index contributed by atoms with van der Waals surface area (Å²) in [5, 5.41) is 0.685. The summed E-state index contributed by atoms with van der Waals surface area (Å²) in [7, 11) is 2.14. The van der Waals surface area contributed by atoms with Crippen LogP contribution in [-0.2, 0) is 4.79 Å². The molecule has 0 aromatic carbocycles. The smallest absolute Gasteiger partial charge is 0.233 e. The second kappa shape index (κ2) is 9.61. The lowest BCUT2D eigenvalue weighted by atomic mass is 10.3. The van der Waals surface area contributed by atoms with Crippen molar-refractivity contribution in [2.45, 2.75) is 12.1 Å². The molecule has 0 N–H and O–H groups in total. The van der Waals surface area contributed by atoms with Gasteiger partial charge in [0.25, 0.3) is 0 Å². The van der Waals surface area contributed by atoms with E-state index in [1.807, 2.05) is 42.3 Å². The molecule has 0 radical (unpaired) electrons. The summed E-state index contributed by atoms with van der Waals surface area (Å²) in [5.74, 6) is 2.46. The van der Waals surface area contributed by atoms with E-state index in [2.05, 4.69) is 31.7 Å². The number of hydrogen-bond donors (Lipinski definition) is 0. The summed E-state index contributed by atoms with van der Waals surface area (Å²) in [5.41, 5.74) is 0.942. The molecule has 2 aromatic heterocycles. The number of hydrogen-bond acceptors (Lipinski definition) is 8. The lowest BCUT2D eigenvalue weighted by Gasteiger charge is -2.35. The van der Waals surface area contributed by atoms with E-state index >= 15 is 0 Å². The number of carbonyl (C=O) groups is 1. The molecule has 2 fully saturated rings. The maximum Gasteiger partial charge on any atom is 0.233 e. The maximum absolute atomic E-state index is 12.7. The van der Waals surface area contributed by atoms with Crippen molar-refractivity contribution in [1.29, 1.82) is 0 Å². The summed E-state index contributed by atoms with van der Waals surface area (Å²) in [6, 6.07) is 7.96. The Morgan fingerprint density at radius 1 is 0.967 bits per heavy atom. The van der Waals surface area contributed by atoms with E-state index < -0.39 is 0 Å². The minimum absolute atomic E-state index is 0.145. The van der Waals surface area contributed by atoms with Crippen LogP contribution < -0.4 is 9.80 Å². The van der Waals surface area contributed by atoms with Gasteiger partial charge in [0.15, 0.2) is 5.16 Å². The van der Waals surface area contributed by atoms with Gasteiger partial charge in [0.05, 0.1) is 5.75 Å². The SMILES string of the molecule is Cc1cc(N2CCN(C)CC2)nc(SCC(=O)N2CCN(c3ccccn3)CC2)n1. The van der Waals surface area contributed by atoms with Gasteiger partial charge in [-0.1, -0.05) is 17.8 Å². The third-order valence-corrected chi connectivity index (χ3v) is 6.41. The molecule has 0 bridgehead atoms. The van der Waals surface area contributed by atoms with Gasteiger partial charge in [-0.25, -0.2) is 15.0 Å². The van der Waals surface area contributed by atoms with Crippen LogP contribution in [0.5, 0.6) is 0 Å². The number of amides is 1. The van der Waals surface area contributed by atoms with E-state index in [1.54, 1.807) is 0 Å². The zero-order valence-electron chi connectivity index (χ0n) is 17.7. The Morgan fingerprint density at radius 2 is 1.67 bits per heavy atom. The zero-order valence-corrected chi connectivity index (χ0v) is 18.5. The van der Waals surface area contributed by atoms with Gasteiger partial charge >= 0.3 is 0 Å². The van der Waals surface area contributed by atoms with Gasteiger partial charge < -0.3 is 19.6 Å². The first-order valence-corrected chi connectivity index (χ1v) is 11.4. The van der Waals surface area contributed by atoms with E-state index in [-0.39, 0.29) is 5.91 Å². The molecule has 0 unspecified atom stereocenters. The molecule has 30 heavy (non-hydrogen) atoms. The highest BCUT2D eigenvalue weighted by molar-refractivity contribution is 7.99. The molecule has 2 aliphatic heterocycles. The van der Waals surface area contributed by atoms with Gasteiger partial charge in [-0.15, -0.1) is 0 Å². The number of carbonyl (C=O) groups excluding carboxylic acids is 1. The molecule has 1 amide bonds. The topological polar surface area (TPSA) is 68.7 Å². The Labute approximate surface area is 182 Å². The van der Waals surface area contributed by atoms with Crippen LogP contribution in [0.1, 0.15) is 5.69 Å². The predicted octanol–water partition coefficient (Wildman–Crippen LogP) is 1.37. The van der Waals surface area contributed by atoms with Gasteiger partial charge in [-0.05, 0) is 26.1 Å². The number of likely N-dealkylation sites (N-methyl/N-ethyl adjacent to an activating group) is 1. The first kappa shape index (κ1) is 20.9. The van der Waals surface area contributed by atoms with Crippen LogP contribution in [0.25, 0.3) is 0 Å². The fraction of sp³-hybridized carbons (Fsp3) is 0.524. The summed E-state index contributed by atoms with van der Waals surface area (Å²) in [6.07, 6.45) is 1.81. The monoisotopic (exact) mass is 427 g/mol. The molecule has 4 rings (SSSR count). The van der Waals surface area contributed by atoms with E-state index in [0.29, 0.717) is 10.9 Å². The van der Waals surface area contributed by atoms with Crippen molar-refractivity contribution in [2.24, 2.45) is 0 Å². The van der Waals surface area contributed by atoms with Gasteiger partial charge in [0.1, 0.15) is 11.6 Å². The van der Waals surface area contributed by atoms with Crippen molar-refractivity contribution in [1.82, 2.24) is 24.8 Å². The Balaban J connectivity index is 1.30. The number of pyridine rings is 1. The Bertz CT molecular complexity index is 850. The fourth-order valence-electron chi connectivity index (χ4n) is 3.73. The highest BCUT2D eigenvalue weighted by atomic mass is 32.2. The van der Waals surface area contributed by atoms with Crippen molar-refractivity contribution < 1.29 is 4.79 Å². The van der Waals surface area contributed by atoms with E-state index in [1.165, 1.54) is 11.8 Å². The van der Waals surface area contributed by atoms with Gasteiger partial charge in [-0.3, -0.25) is 4.79 Å². The molecule has 0 saturated carbocycles. The van der Waals surface area contributed by atoms with E-state index in [0.717, 1.165) is 69.7 Å². The number of aryl methyl sites for hydroxylation is 1. The number of thioether (sulfide) groups is 1. The second-order valence-electron chi connectivity index (χ2n) is 7.78. The molecule has 0 atom stereocenters. The molecule has 0 spiro atoms. The Hall–Kier alpha value is -2.39. The van der Waals surface area contributed by atoms with Crippen molar-refractivity contribution in [2.75, 3.05) is 75.0 Å². The van der Waals surface area contributed by atoms with Gasteiger partial charge in [0, 0.05) is 70.3 Å². The molecular weight excluding hydrogens is 398 g/mol. The molecule has 2 aliphatic rings. The molecule has 160 valence electrons. The first-order valence-electron chi connectivity index (χ1n) is 10.4. The van der Waals surface area contributed by atoms with Crippen molar-refractivity contribution in [3.8, 4) is 0 Å². The Kier molecular flexibility index (Phi) is 6.69. The molecule has 2 saturated heterocycles. The second-order valence-corrected chi connectivity index (χ2v) is 8.73. The third-order valence-electron chi connectivity index (χ3n) is 5.58. The average molecular weight is 428 g/mol. The molecule has 9 heteroatoms. The van der Waals surface area contributed by atoms with Crippen LogP contribution in [0.2, 0.25) is 0 Å². The van der Waals surface area contributed by atoms with Crippen molar-refractivity contribution in [3.63, 3.8) is 0 Å². The summed E-state index contributed by atoms with van der Waals surface area (Å²) in [6.45, 7) is 9.05. The van der Waals surface area contributed by atoms with Crippen molar-refractivity contribution in [3.05, 3.63) is 36.2 Å². The number of anilines is 2. The summed E-state index contributed by atoms with van der Waals surface area (Å²) >= 11 is 1.44. The predicted molar refractivity (Wildman–Crippen MR) is 120 cm³/mol. The summed E-state index contributed by atoms with van der Waals surface area (Å²) in [4.78, 5) is 35.2. The number of aromatic nitrogens is 3. The largest absolute Gasteiger partial charge is 0.354 e. The highest BCUT2D eigenvalue weighted by Gasteiger charge is 2.22. The van der Waals surface area contributed by atoms with Crippen LogP contribution in [0, 0.1) is 6.92 Å². The van der Waals surface area contributed by atoms with Crippen LogP contribution in [0.4, 0.5) is 11.6 Å². The fourth-order valence-corrected chi connectivity index (χ4v) is 4.53. The number of nitrogens with zero attached hydrogens (tertiary/aromatic N) is 7. The number of rotatable bonds is 5. The van der Waals surface area contributed by atoms with Crippen LogP contribution in [-0.4, -0.2) is 95.8 Å². The van der Waals surface area contributed by atoms with Crippen molar-refractivity contribution >= 4 is 29.3 Å². The minimum atomic E-state index is 0.145. The zero-order chi connectivity index (χ0) is 20.9. The molecule has 8 nitrogen and oxygen atoms in total. The van der Waals surface area contributed by atoms with E-state index in [9.17, 15) is 4.79 Å². The van der Waals surface area contributed by atoms with Gasteiger partial charge in [0.2, 0.25) is 5.91 Å². The summed E-state index contributed by atoms with van der Waals surface area (Å²) < 4.78 is 0. The first-order chi connectivity index (χ1) is 14.6. The van der Waals surface area contributed by atoms with Crippen LogP contribution in [0.15, 0.2) is 35.6 Å². The molecule has 0 aliphatic carbocycles. The molecular formula is C21H29N7OS. The van der Waals surface area contributed by atoms with E-state index in [4.69, 9.17) is 4.98 Å². The van der Waals surface area contributed by atoms with Gasteiger partial charge in [-0.2, -0.15) is 0 Å². The van der Waals surface area contributed by atoms with Crippen LogP contribution in [0.3, 0.4) is 0 Å². The maximum atomic E-state index is 12.7. The quantitative estimate of drug-likeness (QED) is 0.524. The number of piperazine rings is 2. The minimum Gasteiger partial charge on any atom is -0.354 e. The standard InChI is InChI=1S/C21H29N7OS/c1-17-15-19(27-9-7-25(2)8-10-27)24-21(23-17)30-16-20(29)28-13-11-26(12-14-28)18-5-3-4-6-22-18/h3-6,15H,7-14,16H2,1-2H3. The molecule has 2 aromatic rings. The molecule has 4 heterocycles. The highest BCUT2D eigenvalue weighted by Crippen LogP contribution is 2.21. The Morgan fingerprint density at radius 3 is 2.37 bits per heavy atom. The normalized spacial score (nSPS) is 18.0. The lowest BCUT2D eigenvalue weighted by Crippen LogP contribution is -2.49. The third kappa shape index (κ3) is 5.20. The van der Waals surface area contributed by atoms with Crippen LogP contribution >= 0.6 is 11.8 Å². The lowest BCUT2D eigenvalue weighted by molar-refractivity contribution is -0.128. The average Bonchev–Trinajstić information content (AvgIpc) is 2.78.